The molecule has 164 valence electrons. The zero-order valence-electron chi connectivity index (χ0n) is 18.0. The standard InChI is InChI=1S/C27H24N4O2/c32-26(15-14-25-30-24-13-7-5-11-20(24)27(33)31-25)29-16-21(18-8-2-1-3-9-18)22-17-28-23-12-6-4-10-19(22)23/h1-13,17,21,28H,14-16H2,(H,29,32)(H,30,31,33). The van der Waals surface area contributed by atoms with Crippen molar-refractivity contribution in [1.29, 1.82) is 0 Å². The van der Waals surface area contributed by atoms with Crippen LogP contribution in [0.3, 0.4) is 0 Å². The molecule has 2 heterocycles. The van der Waals surface area contributed by atoms with Crippen molar-refractivity contribution in [1.82, 2.24) is 20.3 Å². The van der Waals surface area contributed by atoms with Gasteiger partial charge in [-0.2, -0.15) is 0 Å². The van der Waals surface area contributed by atoms with Crippen molar-refractivity contribution in [2.75, 3.05) is 6.54 Å². The molecule has 2 aromatic heterocycles. The molecule has 0 aliphatic carbocycles. The van der Waals surface area contributed by atoms with Crippen LogP contribution in [0.15, 0.2) is 89.9 Å². The van der Waals surface area contributed by atoms with Crippen molar-refractivity contribution >= 4 is 27.7 Å². The van der Waals surface area contributed by atoms with E-state index in [1.807, 2.05) is 48.7 Å². The van der Waals surface area contributed by atoms with Crippen LogP contribution in [-0.2, 0) is 11.2 Å². The Balaban J connectivity index is 1.30. The minimum absolute atomic E-state index is 0.0184. The summed E-state index contributed by atoms with van der Waals surface area (Å²) in [4.78, 5) is 35.6. The number of rotatable bonds is 7. The van der Waals surface area contributed by atoms with Gasteiger partial charge in [0.25, 0.3) is 5.56 Å². The number of aromatic nitrogens is 3. The van der Waals surface area contributed by atoms with E-state index in [1.54, 1.807) is 12.1 Å². The van der Waals surface area contributed by atoms with Gasteiger partial charge in [-0.05, 0) is 29.3 Å². The SMILES string of the molecule is O=C(CCc1nc2ccccc2c(=O)[nH]1)NCC(c1ccccc1)c1c[nH]c2ccccc12. The van der Waals surface area contributed by atoms with Crippen molar-refractivity contribution < 1.29 is 4.79 Å². The third-order valence-electron chi connectivity index (χ3n) is 5.95. The molecule has 0 spiro atoms. The fraction of sp³-hybridized carbons (Fsp3) is 0.148. The number of carbonyl (C=O) groups is 1. The lowest BCUT2D eigenvalue weighted by molar-refractivity contribution is -0.121. The van der Waals surface area contributed by atoms with Gasteiger partial charge in [0.1, 0.15) is 5.82 Å². The second-order valence-corrected chi connectivity index (χ2v) is 8.09. The van der Waals surface area contributed by atoms with Crippen molar-refractivity contribution in [2.24, 2.45) is 0 Å². The van der Waals surface area contributed by atoms with Crippen LogP contribution in [0.1, 0.15) is 29.3 Å². The molecule has 3 aromatic carbocycles. The van der Waals surface area contributed by atoms with Crippen molar-refractivity contribution in [3.8, 4) is 0 Å². The largest absolute Gasteiger partial charge is 0.361 e. The van der Waals surface area contributed by atoms with Gasteiger partial charge in [0, 0.05) is 42.4 Å². The fourth-order valence-corrected chi connectivity index (χ4v) is 4.26. The molecular weight excluding hydrogens is 412 g/mol. The monoisotopic (exact) mass is 436 g/mol. The van der Waals surface area contributed by atoms with Gasteiger partial charge >= 0.3 is 0 Å². The molecule has 0 bridgehead atoms. The molecule has 0 saturated carbocycles. The quantitative estimate of drug-likeness (QED) is 0.356. The maximum absolute atomic E-state index is 12.7. The predicted molar refractivity (Wildman–Crippen MR) is 130 cm³/mol. The number of aryl methyl sites for hydroxylation is 1. The van der Waals surface area contributed by atoms with E-state index >= 15 is 0 Å². The van der Waals surface area contributed by atoms with E-state index in [0.29, 0.717) is 29.7 Å². The van der Waals surface area contributed by atoms with Crippen LogP contribution in [0, 0.1) is 0 Å². The minimum Gasteiger partial charge on any atom is -0.361 e. The smallest absolute Gasteiger partial charge is 0.258 e. The summed E-state index contributed by atoms with van der Waals surface area (Å²) < 4.78 is 0. The van der Waals surface area contributed by atoms with E-state index in [2.05, 4.69) is 44.5 Å². The fourth-order valence-electron chi connectivity index (χ4n) is 4.26. The number of benzene rings is 3. The van der Waals surface area contributed by atoms with E-state index in [-0.39, 0.29) is 23.8 Å². The number of nitrogens with one attached hydrogen (secondary N) is 3. The van der Waals surface area contributed by atoms with Crippen molar-refractivity contribution in [2.45, 2.75) is 18.8 Å². The molecule has 0 aliphatic rings. The number of aromatic amines is 2. The van der Waals surface area contributed by atoms with E-state index in [0.717, 1.165) is 22.0 Å². The molecule has 1 atom stereocenters. The minimum atomic E-state index is -0.181. The molecule has 0 fully saturated rings. The average Bonchev–Trinajstić information content (AvgIpc) is 3.28. The van der Waals surface area contributed by atoms with Gasteiger partial charge in [-0.15, -0.1) is 0 Å². The van der Waals surface area contributed by atoms with Gasteiger partial charge in [-0.25, -0.2) is 4.98 Å². The third kappa shape index (κ3) is 4.41. The number of carbonyl (C=O) groups excluding carboxylic acids is 1. The van der Waals surface area contributed by atoms with Crippen LogP contribution in [0.4, 0.5) is 0 Å². The van der Waals surface area contributed by atoms with Crippen LogP contribution < -0.4 is 10.9 Å². The third-order valence-corrected chi connectivity index (χ3v) is 5.95. The Labute approximate surface area is 190 Å². The summed E-state index contributed by atoms with van der Waals surface area (Å²) in [6.45, 7) is 0.479. The van der Waals surface area contributed by atoms with E-state index in [1.165, 1.54) is 0 Å². The van der Waals surface area contributed by atoms with E-state index < -0.39 is 0 Å². The number of hydrogen-bond acceptors (Lipinski definition) is 3. The molecule has 0 radical (unpaired) electrons. The van der Waals surface area contributed by atoms with Crippen LogP contribution in [0.2, 0.25) is 0 Å². The van der Waals surface area contributed by atoms with Gasteiger partial charge in [0.05, 0.1) is 10.9 Å². The second kappa shape index (κ2) is 9.12. The predicted octanol–water partition coefficient (Wildman–Crippen LogP) is 4.29. The number of amides is 1. The van der Waals surface area contributed by atoms with Gasteiger partial charge in [-0.3, -0.25) is 9.59 Å². The zero-order valence-corrected chi connectivity index (χ0v) is 18.0. The normalized spacial score (nSPS) is 12.1. The number of H-pyrrole nitrogens is 2. The average molecular weight is 437 g/mol. The highest BCUT2D eigenvalue weighted by molar-refractivity contribution is 5.84. The Bertz CT molecular complexity index is 1470. The van der Waals surface area contributed by atoms with Crippen LogP contribution in [0.5, 0.6) is 0 Å². The van der Waals surface area contributed by atoms with Crippen LogP contribution in [-0.4, -0.2) is 27.4 Å². The molecule has 1 unspecified atom stereocenters. The highest BCUT2D eigenvalue weighted by atomic mass is 16.1. The van der Waals surface area contributed by atoms with Gasteiger partial charge in [0.15, 0.2) is 0 Å². The Morgan fingerprint density at radius 2 is 1.64 bits per heavy atom. The molecular formula is C27H24N4O2. The molecule has 5 rings (SSSR count). The van der Waals surface area contributed by atoms with Crippen LogP contribution >= 0.6 is 0 Å². The molecule has 6 heteroatoms. The topological polar surface area (TPSA) is 90.6 Å². The van der Waals surface area contributed by atoms with Crippen LogP contribution in [0.25, 0.3) is 21.8 Å². The number of nitrogens with zero attached hydrogens (tertiary/aromatic N) is 1. The lowest BCUT2D eigenvalue weighted by Crippen LogP contribution is -2.29. The van der Waals surface area contributed by atoms with Gasteiger partial charge < -0.3 is 15.3 Å². The summed E-state index contributed by atoms with van der Waals surface area (Å²) in [6, 6.07) is 25.6. The van der Waals surface area contributed by atoms with E-state index in [9.17, 15) is 9.59 Å². The Kier molecular flexibility index (Phi) is 5.72. The molecule has 0 aliphatic heterocycles. The summed E-state index contributed by atoms with van der Waals surface area (Å²) in [5, 5.41) is 4.79. The second-order valence-electron chi connectivity index (χ2n) is 8.09. The summed E-state index contributed by atoms with van der Waals surface area (Å²) in [7, 11) is 0. The lowest BCUT2D eigenvalue weighted by Gasteiger charge is -2.18. The Morgan fingerprint density at radius 1 is 0.909 bits per heavy atom. The number of hydrogen-bond donors (Lipinski definition) is 3. The molecule has 1 amide bonds. The lowest BCUT2D eigenvalue weighted by atomic mass is 9.91. The summed E-state index contributed by atoms with van der Waals surface area (Å²) >= 11 is 0. The van der Waals surface area contributed by atoms with Crippen molar-refractivity contribution in [3.05, 3.63) is 112 Å². The first-order valence-corrected chi connectivity index (χ1v) is 11.0. The zero-order chi connectivity index (χ0) is 22.6. The molecule has 5 aromatic rings. The summed E-state index contributed by atoms with van der Waals surface area (Å²) in [5.74, 6) is 0.460. The maximum Gasteiger partial charge on any atom is 0.258 e. The van der Waals surface area contributed by atoms with Gasteiger partial charge in [0.2, 0.25) is 5.91 Å². The summed E-state index contributed by atoms with van der Waals surface area (Å²) in [5.41, 5.74) is 3.83. The Hall–Kier alpha value is -4.19. The highest BCUT2D eigenvalue weighted by Crippen LogP contribution is 2.30. The summed E-state index contributed by atoms with van der Waals surface area (Å²) in [6.07, 6.45) is 2.64. The highest BCUT2D eigenvalue weighted by Gasteiger charge is 2.19. The molecule has 3 N–H and O–H groups in total. The maximum atomic E-state index is 12.7. The molecule has 0 saturated heterocycles. The first kappa shape index (κ1) is 20.7. The number of fused-ring (bicyclic) bond motifs is 2. The first-order valence-electron chi connectivity index (χ1n) is 11.0. The van der Waals surface area contributed by atoms with Crippen molar-refractivity contribution in [3.63, 3.8) is 0 Å². The van der Waals surface area contributed by atoms with E-state index in [4.69, 9.17) is 0 Å². The number of para-hydroxylation sites is 2. The molecule has 33 heavy (non-hydrogen) atoms. The van der Waals surface area contributed by atoms with Gasteiger partial charge in [-0.1, -0.05) is 60.7 Å². The Morgan fingerprint density at radius 3 is 2.48 bits per heavy atom. The first-order chi connectivity index (χ1) is 16.2. The molecule has 6 nitrogen and oxygen atoms in total.